The zero-order valence-corrected chi connectivity index (χ0v) is 13.2. The molecule has 2 aliphatic carbocycles. The molecule has 21 heavy (non-hydrogen) atoms. The molecule has 2 rings (SSSR count). The zero-order chi connectivity index (χ0) is 15.3. The summed E-state index contributed by atoms with van der Waals surface area (Å²) >= 11 is 0. The molecule has 2 saturated carbocycles. The molecule has 0 aliphatic heterocycles. The fourth-order valence-electron chi connectivity index (χ4n) is 3.89. The number of carboxylic acids is 1. The molecule has 0 radical (unpaired) electrons. The summed E-state index contributed by atoms with van der Waals surface area (Å²) in [5, 5.41) is 12.6. The van der Waals surface area contributed by atoms with E-state index >= 15 is 0 Å². The van der Waals surface area contributed by atoms with Gasteiger partial charge in [-0.1, -0.05) is 51.9 Å². The van der Waals surface area contributed by atoms with E-state index in [-0.39, 0.29) is 11.3 Å². The molecular formula is C17H29NO3. The summed E-state index contributed by atoms with van der Waals surface area (Å²) in [6.07, 6.45) is 10.8. The maximum atomic E-state index is 12.5. The third kappa shape index (κ3) is 3.78. The molecule has 2 aliphatic rings. The summed E-state index contributed by atoms with van der Waals surface area (Å²) < 4.78 is 0. The molecule has 4 heteroatoms. The van der Waals surface area contributed by atoms with Crippen LogP contribution >= 0.6 is 0 Å². The van der Waals surface area contributed by atoms with Crippen molar-refractivity contribution in [3.63, 3.8) is 0 Å². The van der Waals surface area contributed by atoms with Crippen molar-refractivity contribution in [2.75, 3.05) is 6.54 Å². The van der Waals surface area contributed by atoms with Gasteiger partial charge >= 0.3 is 5.97 Å². The molecule has 0 saturated heterocycles. The Kier molecular flexibility index (Phi) is 5.28. The Morgan fingerprint density at radius 1 is 0.905 bits per heavy atom. The zero-order valence-electron chi connectivity index (χ0n) is 13.2. The highest BCUT2D eigenvalue weighted by atomic mass is 16.4. The van der Waals surface area contributed by atoms with Gasteiger partial charge in [0.25, 0.3) is 0 Å². The molecule has 4 nitrogen and oxygen atoms in total. The van der Waals surface area contributed by atoms with E-state index in [2.05, 4.69) is 5.32 Å². The molecular weight excluding hydrogens is 266 g/mol. The van der Waals surface area contributed by atoms with Crippen LogP contribution in [-0.4, -0.2) is 23.5 Å². The summed E-state index contributed by atoms with van der Waals surface area (Å²) in [5.74, 6) is -0.675. The van der Waals surface area contributed by atoms with Crippen LogP contribution in [-0.2, 0) is 9.59 Å². The molecule has 2 N–H and O–H groups in total. The largest absolute Gasteiger partial charge is 0.481 e. The van der Waals surface area contributed by atoms with Gasteiger partial charge in [-0.2, -0.15) is 0 Å². The van der Waals surface area contributed by atoms with Gasteiger partial charge in [0, 0.05) is 12.0 Å². The minimum atomic E-state index is -0.739. The molecule has 2 fully saturated rings. The summed E-state index contributed by atoms with van der Waals surface area (Å²) in [6, 6.07) is 0. The van der Waals surface area contributed by atoms with Gasteiger partial charge in [0.05, 0.1) is 5.41 Å². The Balaban J connectivity index is 1.98. The number of nitrogens with one attached hydrogen (secondary N) is 1. The van der Waals surface area contributed by atoms with E-state index in [9.17, 15) is 14.7 Å². The van der Waals surface area contributed by atoms with Gasteiger partial charge < -0.3 is 10.4 Å². The lowest BCUT2D eigenvalue weighted by atomic mass is 9.74. The number of carboxylic acid groups (broad SMARTS) is 1. The topological polar surface area (TPSA) is 66.4 Å². The average molecular weight is 295 g/mol. The van der Waals surface area contributed by atoms with Gasteiger partial charge in [-0.3, -0.25) is 9.59 Å². The van der Waals surface area contributed by atoms with E-state index in [1.54, 1.807) is 0 Å². The molecule has 0 bridgehead atoms. The van der Waals surface area contributed by atoms with E-state index in [1.165, 1.54) is 6.42 Å². The lowest BCUT2D eigenvalue weighted by molar-refractivity contribution is -0.150. The first-order valence-corrected chi connectivity index (χ1v) is 8.50. The minimum Gasteiger partial charge on any atom is -0.481 e. The fourth-order valence-corrected chi connectivity index (χ4v) is 3.89. The van der Waals surface area contributed by atoms with E-state index in [0.29, 0.717) is 19.4 Å². The Morgan fingerprint density at radius 3 is 1.90 bits per heavy atom. The normalized spacial score (nSPS) is 24.8. The maximum absolute atomic E-state index is 12.5. The van der Waals surface area contributed by atoms with Gasteiger partial charge in [0.2, 0.25) is 5.91 Å². The van der Waals surface area contributed by atoms with E-state index in [0.717, 1.165) is 51.4 Å². The van der Waals surface area contributed by atoms with Crippen LogP contribution in [0.1, 0.15) is 77.6 Å². The maximum Gasteiger partial charge on any atom is 0.311 e. The number of carbonyl (C=O) groups excluding carboxylic acids is 1. The van der Waals surface area contributed by atoms with Crippen LogP contribution in [0.25, 0.3) is 0 Å². The number of carbonyl (C=O) groups is 2. The second kappa shape index (κ2) is 6.80. The van der Waals surface area contributed by atoms with Crippen molar-refractivity contribution < 1.29 is 14.7 Å². The monoisotopic (exact) mass is 295 g/mol. The van der Waals surface area contributed by atoms with Crippen molar-refractivity contribution in [1.29, 1.82) is 0 Å². The Morgan fingerprint density at radius 2 is 1.38 bits per heavy atom. The van der Waals surface area contributed by atoms with Crippen LogP contribution in [0.2, 0.25) is 0 Å². The minimum absolute atomic E-state index is 0.0621. The van der Waals surface area contributed by atoms with Gasteiger partial charge in [0.1, 0.15) is 0 Å². The highest BCUT2D eigenvalue weighted by Gasteiger charge is 2.41. The van der Waals surface area contributed by atoms with E-state index < -0.39 is 11.4 Å². The van der Waals surface area contributed by atoms with Crippen LogP contribution in [0.15, 0.2) is 0 Å². The molecule has 120 valence electrons. The highest BCUT2D eigenvalue weighted by Crippen LogP contribution is 2.38. The van der Waals surface area contributed by atoms with Crippen molar-refractivity contribution in [2.24, 2.45) is 10.8 Å². The lowest BCUT2D eigenvalue weighted by Crippen LogP contribution is -2.47. The summed E-state index contributed by atoms with van der Waals surface area (Å²) in [6.45, 7) is 2.33. The smallest absolute Gasteiger partial charge is 0.311 e. The van der Waals surface area contributed by atoms with Crippen molar-refractivity contribution >= 4 is 11.9 Å². The predicted molar refractivity (Wildman–Crippen MR) is 82.0 cm³/mol. The van der Waals surface area contributed by atoms with Crippen molar-refractivity contribution in [1.82, 2.24) is 5.32 Å². The Labute approximate surface area is 127 Å². The first-order chi connectivity index (χ1) is 9.99. The van der Waals surface area contributed by atoms with E-state index in [1.807, 2.05) is 6.92 Å². The SMILES string of the molecule is CC1(C(=O)NCC2(C(=O)O)CCCCCC2)CCCCC1. The van der Waals surface area contributed by atoms with Crippen LogP contribution in [0, 0.1) is 10.8 Å². The standard InChI is InChI=1S/C17H29NO3/c1-16(9-5-4-6-10-16)14(19)18-13-17(15(20)21)11-7-2-3-8-12-17/h2-13H2,1H3,(H,18,19)(H,20,21). The third-order valence-electron chi connectivity index (χ3n) is 5.61. The quantitative estimate of drug-likeness (QED) is 0.780. The third-order valence-corrected chi connectivity index (χ3v) is 5.61. The molecule has 0 aromatic carbocycles. The van der Waals surface area contributed by atoms with Crippen molar-refractivity contribution in [2.45, 2.75) is 77.6 Å². The molecule has 1 amide bonds. The number of hydrogen-bond acceptors (Lipinski definition) is 2. The lowest BCUT2D eigenvalue weighted by Gasteiger charge is -2.34. The van der Waals surface area contributed by atoms with E-state index in [4.69, 9.17) is 0 Å². The molecule has 0 aromatic rings. The highest BCUT2D eigenvalue weighted by molar-refractivity contribution is 5.83. The number of amides is 1. The molecule has 0 aromatic heterocycles. The van der Waals surface area contributed by atoms with Crippen LogP contribution in [0.5, 0.6) is 0 Å². The summed E-state index contributed by atoms with van der Waals surface area (Å²) in [7, 11) is 0. The van der Waals surface area contributed by atoms with Gasteiger partial charge in [0.15, 0.2) is 0 Å². The van der Waals surface area contributed by atoms with Gasteiger partial charge in [-0.05, 0) is 25.7 Å². The first-order valence-electron chi connectivity index (χ1n) is 8.50. The van der Waals surface area contributed by atoms with Gasteiger partial charge in [-0.15, -0.1) is 0 Å². The Hall–Kier alpha value is -1.06. The van der Waals surface area contributed by atoms with Gasteiger partial charge in [-0.25, -0.2) is 0 Å². The summed E-state index contributed by atoms with van der Waals surface area (Å²) in [4.78, 5) is 24.3. The van der Waals surface area contributed by atoms with Crippen LogP contribution < -0.4 is 5.32 Å². The number of aliphatic carboxylic acids is 1. The molecule has 0 spiro atoms. The molecule has 0 atom stereocenters. The first kappa shape index (κ1) is 16.3. The molecule has 0 unspecified atom stereocenters. The second-order valence-electron chi connectivity index (χ2n) is 7.30. The van der Waals surface area contributed by atoms with Crippen molar-refractivity contribution in [3.8, 4) is 0 Å². The van der Waals surface area contributed by atoms with Crippen LogP contribution in [0.4, 0.5) is 0 Å². The summed E-state index contributed by atoms with van der Waals surface area (Å²) in [5.41, 5.74) is -1.03. The fraction of sp³-hybridized carbons (Fsp3) is 0.882. The number of rotatable bonds is 4. The average Bonchev–Trinajstić information content (AvgIpc) is 2.72. The number of hydrogen-bond donors (Lipinski definition) is 2. The Bertz CT molecular complexity index is 377. The van der Waals surface area contributed by atoms with Crippen molar-refractivity contribution in [3.05, 3.63) is 0 Å². The predicted octanol–water partition coefficient (Wildman–Crippen LogP) is 3.50. The van der Waals surface area contributed by atoms with Crippen LogP contribution in [0.3, 0.4) is 0 Å². The molecule has 0 heterocycles. The second-order valence-corrected chi connectivity index (χ2v) is 7.30.